The summed E-state index contributed by atoms with van der Waals surface area (Å²) in [5.41, 5.74) is 3.97. The van der Waals surface area contributed by atoms with E-state index in [1.165, 1.54) is 23.4 Å². The van der Waals surface area contributed by atoms with Crippen LogP contribution in [0.1, 0.15) is 23.6 Å². The first-order chi connectivity index (χ1) is 8.40. The summed E-state index contributed by atoms with van der Waals surface area (Å²) < 4.78 is 2.09. The van der Waals surface area contributed by atoms with E-state index in [0.29, 0.717) is 5.92 Å². The molecule has 1 aromatic heterocycles. The van der Waals surface area contributed by atoms with E-state index in [1.807, 2.05) is 19.3 Å². The molecule has 1 aliphatic rings. The number of nitrogens with zero attached hydrogens (tertiary/aromatic N) is 2. The molecule has 88 valence electrons. The van der Waals surface area contributed by atoms with Gasteiger partial charge in [-0.2, -0.15) is 5.10 Å². The summed E-state index contributed by atoms with van der Waals surface area (Å²) in [6.07, 6.45) is 4.41. The Bertz CT molecular complexity index is 501. The molecule has 1 aliphatic carbocycles. The van der Waals surface area contributed by atoms with Crippen molar-refractivity contribution in [3.63, 3.8) is 0 Å². The van der Waals surface area contributed by atoms with Gasteiger partial charge in [0.05, 0.1) is 11.9 Å². The van der Waals surface area contributed by atoms with Crippen LogP contribution in [0.2, 0.25) is 0 Å². The van der Waals surface area contributed by atoms with Gasteiger partial charge in [0.1, 0.15) is 0 Å². The number of hydrogen-bond acceptors (Lipinski definition) is 2. The quantitative estimate of drug-likeness (QED) is 0.870. The molecule has 2 aromatic rings. The first kappa shape index (κ1) is 10.5. The van der Waals surface area contributed by atoms with Gasteiger partial charge in [-0.25, -0.2) is 4.68 Å². The van der Waals surface area contributed by atoms with E-state index >= 15 is 0 Å². The summed E-state index contributed by atoms with van der Waals surface area (Å²) in [6.45, 7) is 1.05. The zero-order valence-corrected chi connectivity index (χ0v) is 10.1. The molecule has 0 saturated carbocycles. The van der Waals surface area contributed by atoms with Crippen LogP contribution in [0.15, 0.2) is 36.5 Å². The molecule has 0 bridgehead atoms. The fourth-order valence-electron chi connectivity index (χ4n) is 2.69. The highest BCUT2D eigenvalue weighted by atomic mass is 15.3. The Morgan fingerprint density at radius 2 is 2.18 bits per heavy atom. The SMILES string of the molecule is CNCC1CCc2c1cnn2-c1ccccc1. The van der Waals surface area contributed by atoms with Crippen LogP contribution in [0.5, 0.6) is 0 Å². The number of para-hydroxylation sites is 1. The average molecular weight is 227 g/mol. The standard InChI is InChI=1S/C14H17N3/c1-15-9-11-7-8-14-13(11)10-16-17(14)12-5-3-2-4-6-12/h2-6,10-11,15H,7-9H2,1H3. The van der Waals surface area contributed by atoms with Crippen LogP contribution in [0.4, 0.5) is 0 Å². The van der Waals surface area contributed by atoms with Crippen molar-refractivity contribution in [2.24, 2.45) is 0 Å². The van der Waals surface area contributed by atoms with Gasteiger partial charge in [-0.05, 0) is 37.6 Å². The average Bonchev–Trinajstić information content (AvgIpc) is 2.94. The van der Waals surface area contributed by atoms with Crippen LogP contribution >= 0.6 is 0 Å². The molecule has 0 radical (unpaired) electrons. The molecule has 3 heteroatoms. The van der Waals surface area contributed by atoms with Crippen molar-refractivity contribution in [1.29, 1.82) is 0 Å². The lowest BCUT2D eigenvalue weighted by Crippen LogP contribution is -2.14. The van der Waals surface area contributed by atoms with Crippen molar-refractivity contribution in [3.8, 4) is 5.69 Å². The van der Waals surface area contributed by atoms with Crippen LogP contribution in [0, 0.1) is 0 Å². The lowest BCUT2D eigenvalue weighted by molar-refractivity contribution is 0.617. The van der Waals surface area contributed by atoms with Crippen molar-refractivity contribution in [2.75, 3.05) is 13.6 Å². The minimum Gasteiger partial charge on any atom is -0.319 e. The van der Waals surface area contributed by atoms with Crippen molar-refractivity contribution in [1.82, 2.24) is 15.1 Å². The lowest BCUT2D eigenvalue weighted by atomic mass is 10.1. The largest absolute Gasteiger partial charge is 0.319 e. The fourth-order valence-corrected chi connectivity index (χ4v) is 2.69. The molecule has 1 atom stereocenters. The topological polar surface area (TPSA) is 29.9 Å². The smallest absolute Gasteiger partial charge is 0.0648 e. The Morgan fingerprint density at radius 1 is 1.35 bits per heavy atom. The summed E-state index contributed by atoms with van der Waals surface area (Å²) in [6, 6.07) is 10.4. The van der Waals surface area contributed by atoms with E-state index in [4.69, 9.17) is 0 Å². The van der Waals surface area contributed by atoms with Crippen molar-refractivity contribution < 1.29 is 0 Å². The van der Waals surface area contributed by atoms with Gasteiger partial charge in [0.15, 0.2) is 0 Å². The molecule has 1 aromatic carbocycles. The number of likely N-dealkylation sites (N-methyl/N-ethyl adjacent to an activating group) is 1. The number of nitrogens with one attached hydrogen (secondary N) is 1. The molecule has 1 N–H and O–H groups in total. The molecule has 1 unspecified atom stereocenters. The number of hydrogen-bond donors (Lipinski definition) is 1. The van der Waals surface area contributed by atoms with E-state index in [2.05, 4.69) is 39.4 Å². The van der Waals surface area contributed by atoms with Gasteiger partial charge < -0.3 is 5.32 Å². The Morgan fingerprint density at radius 3 is 2.94 bits per heavy atom. The second-order valence-electron chi connectivity index (χ2n) is 4.59. The third-order valence-corrected chi connectivity index (χ3v) is 3.52. The third-order valence-electron chi connectivity index (χ3n) is 3.52. The van der Waals surface area contributed by atoms with Crippen molar-refractivity contribution in [2.45, 2.75) is 18.8 Å². The van der Waals surface area contributed by atoms with Gasteiger partial charge in [0.25, 0.3) is 0 Å². The zero-order chi connectivity index (χ0) is 11.7. The zero-order valence-electron chi connectivity index (χ0n) is 10.1. The van der Waals surface area contributed by atoms with Crippen LogP contribution < -0.4 is 5.32 Å². The van der Waals surface area contributed by atoms with Gasteiger partial charge in [0.2, 0.25) is 0 Å². The number of benzene rings is 1. The van der Waals surface area contributed by atoms with Gasteiger partial charge in [0, 0.05) is 18.2 Å². The van der Waals surface area contributed by atoms with Crippen molar-refractivity contribution in [3.05, 3.63) is 47.8 Å². The summed E-state index contributed by atoms with van der Waals surface area (Å²) in [7, 11) is 2.01. The van der Waals surface area contributed by atoms with Crippen LogP contribution in [-0.4, -0.2) is 23.4 Å². The van der Waals surface area contributed by atoms with Crippen molar-refractivity contribution >= 4 is 0 Å². The molecular formula is C14H17N3. The highest BCUT2D eigenvalue weighted by Crippen LogP contribution is 2.33. The molecule has 1 heterocycles. The Balaban J connectivity index is 1.98. The molecular weight excluding hydrogens is 210 g/mol. The first-order valence-electron chi connectivity index (χ1n) is 6.17. The monoisotopic (exact) mass is 227 g/mol. The Hall–Kier alpha value is -1.61. The summed E-state index contributed by atoms with van der Waals surface area (Å²) in [5.74, 6) is 0.632. The predicted molar refractivity (Wildman–Crippen MR) is 68.6 cm³/mol. The second kappa shape index (κ2) is 4.34. The van der Waals surface area contributed by atoms with E-state index in [0.717, 1.165) is 13.0 Å². The van der Waals surface area contributed by atoms with E-state index in [1.54, 1.807) is 0 Å². The maximum Gasteiger partial charge on any atom is 0.0648 e. The molecule has 0 amide bonds. The maximum absolute atomic E-state index is 4.53. The molecule has 3 rings (SSSR count). The summed E-state index contributed by atoms with van der Waals surface area (Å²) in [5, 5.41) is 7.79. The molecule has 0 aliphatic heterocycles. The minimum absolute atomic E-state index is 0.632. The molecule has 0 fully saturated rings. The second-order valence-corrected chi connectivity index (χ2v) is 4.59. The van der Waals surface area contributed by atoms with Crippen LogP contribution in [0.3, 0.4) is 0 Å². The van der Waals surface area contributed by atoms with Crippen LogP contribution in [0.25, 0.3) is 5.69 Å². The number of fused-ring (bicyclic) bond motifs is 1. The Labute approximate surface area is 101 Å². The Kier molecular flexibility index (Phi) is 2.69. The van der Waals surface area contributed by atoms with Gasteiger partial charge in [-0.1, -0.05) is 18.2 Å². The molecule has 0 spiro atoms. The van der Waals surface area contributed by atoms with Gasteiger partial charge in [-0.3, -0.25) is 0 Å². The number of rotatable bonds is 3. The lowest BCUT2D eigenvalue weighted by Gasteiger charge is -2.06. The highest BCUT2D eigenvalue weighted by molar-refractivity contribution is 5.38. The van der Waals surface area contributed by atoms with Gasteiger partial charge in [-0.15, -0.1) is 0 Å². The van der Waals surface area contributed by atoms with Gasteiger partial charge >= 0.3 is 0 Å². The summed E-state index contributed by atoms with van der Waals surface area (Å²) in [4.78, 5) is 0. The fraction of sp³-hybridized carbons (Fsp3) is 0.357. The predicted octanol–water partition coefficient (Wildman–Crippen LogP) is 2.12. The molecule has 3 nitrogen and oxygen atoms in total. The molecule has 0 saturated heterocycles. The highest BCUT2D eigenvalue weighted by Gasteiger charge is 2.26. The minimum atomic E-state index is 0.632. The van der Waals surface area contributed by atoms with E-state index < -0.39 is 0 Å². The third kappa shape index (κ3) is 1.76. The first-order valence-corrected chi connectivity index (χ1v) is 6.17. The van der Waals surface area contributed by atoms with E-state index in [9.17, 15) is 0 Å². The number of aromatic nitrogens is 2. The normalized spacial score (nSPS) is 18.3. The molecule has 17 heavy (non-hydrogen) atoms. The van der Waals surface area contributed by atoms with E-state index in [-0.39, 0.29) is 0 Å². The summed E-state index contributed by atoms with van der Waals surface area (Å²) >= 11 is 0. The van der Waals surface area contributed by atoms with Crippen LogP contribution in [-0.2, 0) is 6.42 Å². The maximum atomic E-state index is 4.53.